The Morgan fingerprint density at radius 1 is 1.00 bits per heavy atom. The molecule has 0 unspecified atom stereocenters. The first-order valence-corrected chi connectivity index (χ1v) is 6.37. The Kier molecular flexibility index (Phi) is 6.94. The Bertz CT molecular complexity index is 677. The lowest BCUT2D eigenvalue weighted by atomic mass is 10.2. The monoisotopic (exact) mass is 341 g/mol. The first-order valence-electron chi connectivity index (χ1n) is 5.61. The minimum atomic E-state index is -1.26. The normalized spacial score (nSPS) is 9.91. The SMILES string of the molecule is Clc1ccc(Cl)c(-c2ncncn2)c1.O=C(O)C=CC(=O)O. The summed E-state index contributed by atoms with van der Waals surface area (Å²) in [5, 5.41) is 16.8. The molecule has 0 saturated carbocycles. The number of carbonyl (C=O) groups is 2. The van der Waals surface area contributed by atoms with Gasteiger partial charge in [0.15, 0.2) is 5.82 Å². The van der Waals surface area contributed by atoms with Gasteiger partial charge in [-0.15, -0.1) is 0 Å². The van der Waals surface area contributed by atoms with Crippen LogP contribution in [0.1, 0.15) is 0 Å². The average Bonchev–Trinajstić information content (AvgIpc) is 2.49. The fourth-order valence-corrected chi connectivity index (χ4v) is 1.56. The van der Waals surface area contributed by atoms with Crippen LogP contribution in [0.3, 0.4) is 0 Å². The van der Waals surface area contributed by atoms with Gasteiger partial charge in [0.2, 0.25) is 0 Å². The first kappa shape index (κ1) is 17.5. The van der Waals surface area contributed by atoms with Crippen LogP contribution in [0.2, 0.25) is 10.0 Å². The van der Waals surface area contributed by atoms with E-state index in [-0.39, 0.29) is 0 Å². The maximum atomic E-state index is 9.55. The first-order chi connectivity index (χ1) is 10.4. The molecular formula is C13H9Cl2N3O4. The van der Waals surface area contributed by atoms with Crippen LogP contribution in [-0.2, 0) is 9.59 Å². The van der Waals surface area contributed by atoms with E-state index in [1.165, 1.54) is 12.7 Å². The highest BCUT2D eigenvalue weighted by atomic mass is 35.5. The minimum absolute atomic E-state index is 0.521. The van der Waals surface area contributed by atoms with Gasteiger partial charge in [-0.1, -0.05) is 23.2 Å². The quantitative estimate of drug-likeness (QED) is 0.824. The zero-order chi connectivity index (χ0) is 16.5. The van der Waals surface area contributed by atoms with Gasteiger partial charge in [-0.05, 0) is 18.2 Å². The third-order valence-electron chi connectivity index (χ3n) is 2.03. The Morgan fingerprint density at radius 3 is 2.05 bits per heavy atom. The van der Waals surface area contributed by atoms with E-state index in [1.54, 1.807) is 18.2 Å². The molecule has 0 atom stereocenters. The third-order valence-corrected chi connectivity index (χ3v) is 2.60. The molecule has 114 valence electrons. The lowest BCUT2D eigenvalue weighted by Gasteiger charge is -2.01. The molecule has 0 fully saturated rings. The summed E-state index contributed by atoms with van der Waals surface area (Å²) in [7, 11) is 0. The number of rotatable bonds is 3. The number of hydrogen-bond donors (Lipinski definition) is 2. The predicted molar refractivity (Wildman–Crippen MR) is 79.7 cm³/mol. The highest BCUT2D eigenvalue weighted by molar-refractivity contribution is 6.35. The molecule has 0 aliphatic rings. The van der Waals surface area contributed by atoms with Crippen molar-refractivity contribution in [2.75, 3.05) is 0 Å². The van der Waals surface area contributed by atoms with Gasteiger partial charge in [0.25, 0.3) is 0 Å². The van der Waals surface area contributed by atoms with Crippen LogP contribution in [0.5, 0.6) is 0 Å². The highest BCUT2D eigenvalue weighted by Gasteiger charge is 2.06. The van der Waals surface area contributed by atoms with Crippen molar-refractivity contribution in [2.24, 2.45) is 0 Å². The van der Waals surface area contributed by atoms with Gasteiger partial charge in [-0.2, -0.15) is 0 Å². The minimum Gasteiger partial charge on any atom is -0.478 e. The van der Waals surface area contributed by atoms with E-state index in [0.717, 1.165) is 0 Å². The van der Waals surface area contributed by atoms with Crippen LogP contribution in [0.15, 0.2) is 43.0 Å². The zero-order valence-corrected chi connectivity index (χ0v) is 12.4. The van der Waals surface area contributed by atoms with Gasteiger partial charge < -0.3 is 10.2 Å². The maximum absolute atomic E-state index is 9.55. The Balaban J connectivity index is 0.000000261. The third kappa shape index (κ3) is 6.29. The molecule has 0 spiro atoms. The molecule has 1 aromatic heterocycles. The molecule has 1 heterocycles. The molecule has 0 aliphatic heterocycles. The summed E-state index contributed by atoms with van der Waals surface area (Å²) >= 11 is 11.8. The molecule has 0 radical (unpaired) electrons. The average molecular weight is 342 g/mol. The smallest absolute Gasteiger partial charge is 0.328 e. The number of nitrogens with zero attached hydrogens (tertiary/aromatic N) is 3. The molecular weight excluding hydrogens is 333 g/mol. The highest BCUT2D eigenvalue weighted by Crippen LogP contribution is 2.27. The van der Waals surface area contributed by atoms with Gasteiger partial charge in [-0.25, -0.2) is 24.5 Å². The van der Waals surface area contributed by atoms with Crippen LogP contribution in [0.4, 0.5) is 0 Å². The van der Waals surface area contributed by atoms with Crippen molar-refractivity contribution in [3.8, 4) is 11.4 Å². The second-order valence-electron chi connectivity index (χ2n) is 3.60. The molecule has 0 bridgehead atoms. The maximum Gasteiger partial charge on any atom is 0.328 e. The van der Waals surface area contributed by atoms with Gasteiger partial charge in [0.1, 0.15) is 12.7 Å². The summed E-state index contributed by atoms with van der Waals surface area (Å²) in [5.41, 5.74) is 0.710. The van der Waals surface area contributed by atoms with E-state index in [4.69, 9.17) is 33.4 Å². The van der Waals surface area contributed by atoms with Crippen LogP contribution < -0.4 is 0 Å². The molecule has 9 heteroatoms. The van der Waals surface area contributed by atoms with Crippen molar-refractivity contribution >= 4 is 35.1 Å². The van der Waals surface area contributed by atoms with E-state index in [1.807, 2.05) is 0 Å². The summed E-state index contributed by atoms with van der Waals surface area (Å²) in [6.07, 6.45) is 3.95. The van der Waals surface area contributed by atoms with Crippen molar-refractivity contribution in [3.05, 3.63) is 53.1 Å². The number of aromatic nitrogens is 3. The summed E-state index contributed by atoms with van der Waals surface area (Å²) in [6, 6.07) is 5.15. The van der Waals surface area contributed by atoms with Crippen molar-refractivity contribution in [2.45, 2.75) is 0 Å². The number of halogens is 2. The van der Waals surface area contributed by atoms with Crippen LogP contribution in [0, 0.1) is 0 Å². The second kappa shape index (κ2) is 8.71. The predicted octanol–water partition coefficient (Wildman–Crippen LogP) is 2.56. The lowest BCUT2D eigenvalue weighted by molar-refractivity contribution is -0.134. The van der Waals surface area contributed by atoms with Gasteiger partial charge in [-0.3, -0.25) is 0 Å². The Morgan fingerprint density at radius 2 is 1.55 bits per heavy atom. The molecule has 7 nitrogen and oxygen atoms in total. The molecule has 0 saturated heterocycles. The molecule has 0 amide bonds. The van der Waals surface area contributed by atoms with Gasteiger partial charge >= 0.3 is 11.9 Å². The molecule has 22 heavy (non-hydrogen) atoms. The summed E-state index contributed by atoms with van der Waals surface area (Å²) in [5.74, 6) is -1.99. The van der Waals surface area contributed by atoms with Crippen LogP contribution >= 0.6 is 23.2 Å². The molecule has 0 aliphatic carbocycles. The molecule has 1 aromatic carbocycles. The summed E-state index contributed by atoms with van der Waals surface area (Å²) in [4.78, 5) is 30.8. The number of carboxylic acid groups (broad SMARTS) is 2. The van der Waals surface area contributed by atoms with Crippen molar-refractivity contribution < 1.29 is 19.8 Å². The van der Waals surface area contributed by atoms with Gasteiger partial charge in [0, 0.05) is 22.7 Å². The number of aliphatic carboxylic acids is 2. The number of carboxylic acids is 2. The van der Waals surface area contributed by atoms with E-state index >= 15 is 0 Å². The fraction of sp³-hybridized carbons (Fsp3) is 0. The van der Waals surface area contributed by atoms with E-state index in [9.17, 15) is 9.59 Å². The van der Waals surface area contributed by atoms with E-state index in [0.29, 0.717) is 33.6 Å². The Labute approximate surface area is 134 Å². The molecule has 2 aromatic rings. The second-order valence-corrected chi connectivity index (χ2v) is 4.44. The van der Waals surface area contributed by atoms with E-state index in [2.05, 4.69) is 15.0 Å². The summed E-state index contributed by atoms with van der Waals surface area (Å²) < 4.78 is 0. The largest absolute Gasteiger partial charge is 0.478 e. The van der Waals surface area contributed by atoms with Crippen LogP contribution in [-0.4, -0.2) is 37.1 Å². The van der Waals surface area contributed by atoms with Gasteiger partial charge in [0.05, 0.1) is 5.02 Å². The van der Waals surface area contributed by atoms with Crippen molar-refractivity contribution in [3.63, 3.8) is 0 Å². The number of benzene rings is 1. The summed E-state index contributed by atoms with van der Waals surface area (Å²) in [6.45, 7) is 0. The van der Waals surface area contributed by atoms with Crippen molar-refractivity contribution in [1.29, 1.82) is 0 Å². The molecule has 2 N–H and O–H groups in total. The zero-order valence-electron chi connectivity index (χ0n) is 10.8. The van der Waals surface area contributed by atoms with Crippen molar-refractivity contribution in [1.82, 2.24) is 15.0 Å². The number of hydrogen-bond acceptors (Lipinski definition) is 5. The standard InChI is InChI=1S/C9H5Cl2N3.C4H4O4/c10-6-1-2-8(11)7(3-6)9-13-4-12-5-14-9;5-3(6)1-2-4(7)8/h1-5H;1-2H,(H,5,6)(H,7,8). The fourth-order valence-electron chi connectivity index (χ4n) is 1.19. The van der Waals surface area contributed by atoms with E-state index < -0.39 is 11.9 Å². The topological polar surface area (TPSA) is 113 Å². The Hall–Kier alpha value is -2.51. The van der Waals surface area contributed by atoms with Crippen LogP contribution in [0.25, 0.3) is 11.4 Å². The molecule has 2 rings (SSSR count). The lowest BCUT2D eigenvalue weighted by Crippen LogP contribution is -1.91.